The van der Waals surface area contributed by atoms with Crippen LogP contribution >= 0.6 is 11.8 Å². The van der Waals surface area contributed by atoms with E-state index in [2.05, 4.69) is 11.6 Å². The van der Waals surface area contributed by atoms with Gasteiger partial charge in [-0.05, 0) is 58.1 Å². The molecule has 0 radical (unpaired) electrons. The Labute approximate surface area is 127 Å². The van der Waals surface area contributed by atoms with Crippen LogP contribution in [0.1, 0.15) is 58.3 Å². The first-order valence-electron chi connectivity index (χ1n) is 8.18. The lowest BCUT2D eigenvalue weighted by molar-refractivity contribution is -0.149. The summed E-state index contributed by atoms with van der Waals surface area (Å²) in [5.74, 6) is 0.147. The molecule has 4 heteroatoms. The second-order valence-electron chi connectivity index (χ2n) is 6.19. The van der Waals surface area contributed by atoms with Crippen LogP contribution in [0.2, 0.25) is 0 Å². The van der Waals surface area contributed by atoms with Crippen LogP contribution in [0.25, 0.3) is 0 Å². The molecule has 0 aromatic heterocycles. The molecule has 0 saturated heterocycles. The van der Waals surface area contributed by atoms with Gasteiger partial charge in [0, 0.05) is 17.3 Å². The monoisotopic (exact) mass is 299 g/mol. The molecule has 0 amide bonds. The van der Waals surface area contributed by atoms with Gasteiger partial charge in [-0.15, -0.1) is 0 Å². The summed E-state index contributed by atoms with van der Waals surface area (Å²) in [6.45, 7) is 2.40. The molecule has 0 aromatic carbocycles. The van der Waals surface area contributed by atoms with Gasteiger partial charge in [0.2, 0.25) is 0 Å². The van der Waals surface area contributed by atoms with Crippen molar-refractivity contribution in [1.29, 1.82) is 0 Å². The summed E-state index contributed by atoms with van der Waals surface area (Å²) in [4.78, 5) is 11.9. The summed E-state index contributed by atoms with van der Waals surface area (Å²) in [6.07, 6.45) is 11.9. The molecule has 2 aliphatic rings. The maximum atomic E-state index is 11.9. The zero-order valence-electron chi connectivity index (χ0n) is 12.9. The summed E-state index contributed by atoms with van der Waals surface area (Å²) in [5.41, 5.74) is 0. The Morgan fingerprint density at radius 2 is 1.90 bits per heavy atom. The normalized spacial score (nSPS) is 34.7. The highest BCUT2D eigenvalue weighted by Gasteiger charge is 2.30. The highest BCUT2D eigenvalue weighted by molar-refractivity contribution is 7.99. The molecule has 0 spiro atoms. The Kier molecular flexibility index (Phi) is 6.69. The van der Waals surface area contributed by atoms with Crippen LogP contribution in [0.15, 0.2) is 0 Å². The van der Waals surface area contributed by atoms with E-state index in [1.807, 2.05) is 18.7 Å². The number of esters is 1. The second kappa shape index (κ2) is 8.28. The number of hydrogen-bond donors (Lipinski definition) is 1. The minimum atomic E-state index is 0.0186. The quantitative estimate of drug-likeness (QED) is 0.790. The number of rotatable bonds is 5. The summed E-state index contributed by atoms with van der Waals surface area (Å²) in [7, 11) is 0. The largest absolute Gasteiger partial charge is 0.466 e. The van der Waals surface area contributed by atoms with E-state index in [9.17, 15) is 4.79 Å². The fourth-order valence-electron chi connectivity index (χ4n) is 3.61. The number of nitrogens with one attached hydrogen (secondary N) is 1. The lowest BCUT2D eigenvalue weighted by atomic mass is 9.84. The van der Waals surface area contributed by atoms with Crippen molar-refractivity contribution in [2.24, 2.45) is 5.92 Å². The Hall–Kier alpha value is -0.220. The third-order valence-corrected chi connectivity index (χ3v) is 5.91. The molecule has 0 heterocycles. The van der Waals surface area contributed by atoms with Gasteiger partial charge in [-0.3, -0.25) is 4.79 Å². The Morgan fingerprint density at radius 1 is 1.15 bits per heavy atom. The molecule has 2 rings (SSSR count). The summed E-state index contributed by atoms with van der Waals surface area (Å²) in [5, 5.41) is 4.68. The summed E-state index contributed by atoms with van der Waals surface area (Å²) in [6, 6.07) is 1.19. The molecule has 2 atom stereocenters. The molecule has 0 aromatic rings. The first kappa shape index (κ1) is 16.2. The van der Waals surface area contributed by atoms with Crippen molar-refractivity contribution in [3.05, 3.63) is 0 Å². The van der Waals surface area contributed by atoms with E-state index in [0.717, 1.165) is 24.5 Å². The number of ether oxygens (including phenoxy) is 1. The zero-order chi connectivity index (χ0) is 14.4. The van der Waals surface area contributed by atoms with Crippen molar-refractivity contribution in [1.82, 2.24) is 5.32 Å². The lowest BCUT2D eigenvalue weighted by Crippen LogP contribution is -2.44. The van der Waals surface area contributed by atoms with Crippen molar-refractivity contribution in [2.75, 3.05) is 12.9 Å². The average molecular weight is 299 g/mol. The molecule has 3 nitrogen and oxygen atoms in total. The Balaban J connectivity index is 1.74. The minimum Gasteiger partial charge on any atom is -0.466 e. The Bertz CT molecular complexity index is 303. The number of hydrogen-bond acceptors (Lipinski definition) is 4. The van der Waals surface area contributed by atoms with Gasteiger partial charge in [-0.25, -0.2) is 0 Å². The van der Waals surface area contributed by atoms with Crippen LogP contribution < -0.4 is 5.32 Å². The van der Waals surface area contributed by atoms with Crippen molar-refractivity contribution >= 4 is 17.7 Å². The zero-order valence-corrected chi connectivity index (χ0v) is 13.7. The van der Waals surface area contributed by atoms with Crippen LogP contribution in [0.3, 0.4) is 0 Å². The minimum absolute atomic E-state index is 0.0186. The van der Waals surface area contributed by atoms with Crippen molar-refractivity contribution in [3.63, 3.8) is 0 Å². The molecule has 2 aliphatic carbocycles. The van der Waals surface area contributed by atoms with E-state index >= 15 is 0 Å². The van der Waals surface area contributed by atoms with Gasteiger partial charge in [-0.2, -0.15) is 11.8 Å². The highest BCUT2D eigenvalue weighted by Crippen LogP contribution is 2.30. The first-order valence-corrected chi connectivity index (χ1v) is 9.47. The number of thioether (sulfide) groups is 1. The predicted molar refractivity (Wildman–Crippen MR) is 85.1 cm³/mol. The van der Waals surface area contributed by atoms with Crippen LogP contribution in [-0.4, -0.2) is 36.2 Å². The SMILES string of the molecule is CCOC(=O)C1CCCC(NC2CCC(SC)CC2)C1. The van der Waals surface area contributed by atoms with Gasteiger partial charge in [0.1, 0.15) is 0 Å². The molecular weight excluding hydrogens is 270 g/mol. The second-order valence-corrected chi connectivity index (χ2v) is 7.33. The molecule has 1 N–H and O–H groups in total. The van der Waals surface area contributed by atoms with Gasteiger partial charge in [0.25, 0.3) is 0 Å². The van der Waals surface area contributed by atoms with E-state index in [1.54, 1.807) is 0 Å². The van der Waals surface area contributed by atoms with Gasteiger partial charge in [-0.1, -0.05) is 6.42 Å². The number of carbonyl (C=O) groups is 1. The fourth-order valence-corrected chi connectivity index (χ4v) is 4.36. The first-order chi connectivity index (χ1) is 9.72. The van der Waals surface area contributed by atoms with Crippen LogP contribution in [0.4, 0.5) is 0 Å². The van der Waals surface area contributed by atoms with Gasteiger partial charge in [0.15, 0.2) is 0 Å². The molecule has 2 fully saturated rings. The van der Waals surface area contributed by atoms with E-state index in [1.165, 1.54) is 32.1 Å². The third-order valence-electron chi connectivity index (χ3n) is 4.77. The molecular formula is C16H29NO2S. The highest BCUT2D eigenvalue weighted by atomic mass is 32.2. The van der Waals surface area contributed by atoms with E-state index in [-0.39, 0.29) is 11.9 Å². The fraction of sp³-hybridized carbons (Fsp3) is 0.938. The topological polar surface area (TPSA) is 38.3 Å². The maximum Gasteiger partial charge on any atom is 0.308 e. The van der Waals surface area contributed by atoms with Crippen molar-refractivity contribution < 1.29 is 9.53 Å². The van der Waals surface area contributed by atoms with Crippen LogP contribution in [0, 0.1) is 5.92 Å². The van der Waals surface area contributed by atoms with Gasteiger partial charge < -0.3 is 10.1 Å². The van der Waals surface area contributed by atoms with Crippen LogP contribution in [-0.2, 0) is 9.53 Å². The Morgan fingerprint density at radius 3 is 2.55 bits per heavy atom. The molecule has 2 saturated carbocycles. The predicted octanol–water partition coefficient (Wildman–Crippen LogP) is 3.37. The molecule has 116 valence electrons. The van der Waals surface area contributed by atoms with E-state index in [0.29, 0.717) is 18.7 Å². The van der Waals surface area contributed by atoms with E-state index in [4.69, 9.17) is 4.74 Å². The summed E-state index contributed by atoms with van der Waals surface area (Å²) >= 11 is 2.01. The maximum absolute atomic E-state index is 11.9. The lowest BCUT2D eigenvalue weighted by Gasteiger charge is -2.35. The smallest absolute Gasteiger partial charge is 0.308 e. The van der Waals surface area contributed by atoms with Gasteiger partial charge >= 0.3 is 5.97 Å². The molecule has 2 unspecified atom stereocenters. The third kappa shape index (κ3) is 4.66. The van der Waals surface area contributed by atoms with Crippen molar-refractivity contribution in [3.8, 4) is 0 Å². The number of carbonyl (C=O) groups excluding carboxylic acids is 1. The van der Waals surface area contributed by atoms with Crippen LogP contribution in [0.5, 0.6) is 0 Å². The van der Waals surface area contributed by atoms with E-state index < -0.39 is 0 Å². The molecule has 20 heavy (non-hydrogen) atoms. The molecule has 0 bridgehead atoms. The van der Waals surface area contributed by atoms with Gasteiger partial charge in [0.05, 0.1) is 12.5 Å². The van der Waals surface area contributed by atoms with Crippen molar-refractivity contribution in [2.45, 2.75) is 75.6 Å². The molecule has 0 aliphatic heterocycles. The summed E-state index contributed by atoms with van der Waals surface area (Å²) < 4.78 is 5.18. The average Bonchev–Trinajstić information content (AvgIpc) is 2.48. The standard InChI is InChI=1S/C16H29NO2S/c1-3-19-16(18)12-5-4-6-14(11-12)17-13-7-9-15(20-2)10-8-13/h12-15,17H,3-11H2,1-2H3.